The molecule has 0 saturated carbocycles. The number of rotatable bonds is 6. The third-order valence-electron chi connectivity index (χ3n) is 3.32. The molecule has 2 N–H and O–H groups in total. The van der Waals surface area contributed by atoms with Gasteiger partial charge in [0.1, 0.15) is 11.5 Å². The third kappa shape index (κ3) is 3.72. The van der Waals surface area contributed by atoms with E-state index in [0.29, 0.717) is 27.9 Å². The van der Waals surface area contributed by atoms with E-state index in [1.807, 2.05) is 0 Å². The number of anilines is 1. The summed E-state index contributed by atoms with van der Waals surface area (Å²) in [4.78, 5) is 17.7. The van der Waals surface area contributed by atoms with Gasteiger partial charge in [0, 0.05) is 16.5 Å². The Bertz CT molecular complexity index is 701. The van der Waals surface area contributed by atoms with Gasteiger partial charge in [0.2, 0.25) is 0 Å². The average Bonchev–Trinajstić information content (AvgIpc) is 2.92. The molecular formula is C15H18N2O5S. The van der Waals surface area contributed by atoms with Crippen LogP contribution in [0.1, 0.15) is 16.1 Å². The normalized spacial score (nSPS) is 10.4. The van der Waals surface area contributed by atoms with E-state index >= 15 is 0 Å². The Balaban J connectivity index is 2.34. The number of aliphatic hydroxyl groups excluding tert-OH is 1. The Morgan fingerprint density at radius 3 is 2.61 bits per heavy atom. The molecule has 0 bridgehead atoms. The highest BCUT2D eigenvalue weighted by atomic mass is 32.1. The van der Waals surface area contributed by atoms with Gasteiger partial charge in [-0.3, -0.25) is 0 Å². The predicted molar refractivity (Wildman–Crippen MR) is 86.5 cm³/mol. The monoisotopic (exact) mass is 338 g/mol. The molecule has 7 nitrogen and oxygen atoms in total. The van der Waals surface area contributed by atoms with E-state index in [2.05, 4.69) is 4.98 Å². The lowest BCUT2D eigenvalue weighted by Gasteiger charge is -2.18. The third-order valence-corrected chi connectivity index (χ3v) is 4.35. The minimum absolute atomic E-state index is 0.0837. The Morgan fingerprint density at radius 2 is 2.09 bits per heavy atom. The summed E-state index contributed by atoms with van der Waals surface area (Å²) >= 11 is 1.22. The van der Waals surface area contributed by atoms with Crippen molar-refractivity contribution >= 4 is 22.6 Å². The molecule has 0 fully saturated rings. The highest BCUT2D eigenvalue weighted by Crippen LogP contribution is 2.30. The highest BCUT2D eigenvalue weighted by Gasteiger charge is 2.22. The van der Waals surface area contributed by atoms with Crippen LogP contribution in [0.3, 0.4) is 0 Å². The molecule has 1 aromatic heterocycles. The van der Waals surface area contributed by atoms with E-state index in [4.69, 9.17) is 9.47 Å². The summed E-state index contributed by atoms with van der Waals surface area (Å²) in [5.41, 5.74) is 1.17. The fourth-order valence-corrected chi connectivity index (χ4v) is 2.96. The molecule has 0 spiro atoms. The molecule has 0 radical (unpaired) electrons. The minimum atomic E-state index is -1.12. The number of ether oxygens (including phenoxy) is 2. The molecule has 124 valence electrons. The molecular weight excluding hydrogens is 320 g/mol. The van der Waals surface area contributed by atoms with Crippen molar-refractivity contribution in [3.05, 3.63) is 34.3 Å². The van der Waals surface area contributed by atoms with Gasteiger partial charge in [-0.1, -0.05) is 0 Å². The van der Waals surface area contributed by atoms with Crippen LogP contribution in [0.5, 0.6) is 11.5 Å². The van der Waals surface area contributed by atoms with E-state index in [9.17, 15) is 15.0 Å². The van der Waals surface area contributed by atoms with Gasteiger partial charge in [0.25, 0.3) is 0 Å². The second-order valence-electron chi connectivity index (χ2n) is 4.70. The quantitative estimate of drug-likeness (QED) is 0.841. The van der Waals surface area contributed by atoms with Crippen LogP contribution in [-0.4, -0.2) is 35.5 Å². The molecule has 0 aliphatic heterocycles. The van der Waals surface area contributed by atoms with Crippen LogP contribution < -0.4 is 14.4 Å². The summed E-state index contributed by atoms with van der Waals surface area (Å²) in [7, 11) is 3.06. The number of hydrogen-bond donors (Lipinski definition) is 2. The maximum Gasteiger partial charge on any atom is 0.413 e. The minimum Gasteiger partial charge on any atom is -0.497 e. The molecule has 0 saturated heterocycles. The van der Waals surface area contributed by atoms with Gasteiger partial charge < -0.3 is 19.7 Å². The van der Waals surface area contributed by atoms with Crippen LogP contribution >= 0.6 is 11.3 Å². The van der Waals surface area contributed by atoms with Gasteiger partial charge in [-0.05, 0) is 19.1 Å². The summed E-state index contributed by atoms with van der Waals surface area (Å²) < 4.78 is 10.4. The topological polar surface area (TPSA) is 92.1 Å². The van der Waals surface area contributed by atoms with Crippen molar-refractivity contribution in [2.45, 2.75) is 20.1 Å². The zero-order chi connectivity index (χ0) is 17.0. The second kappa shape index (κ2) is 7.30. The van der Waals surface area contributed by atoms with Crippen molar-refractivity contribution in [2.24, 2.45) is 0 Å². The Labute approximate surface area is 137 Å². The van der Waals surface area contributed by atoms with Crippen molar-refractivity contribution in [3.63, 3.8) is 0 Å². The molecule has 1 amide bonds. The van der Waals surface area contributed by atoms with E-state index < -0.39 is 6.09 Å². The van der Waals surface area contributed by atoms with Crippen LogP contribution in [0.15, 0.2) is 18.2 Å². The molecule has 0 unspecified atom stereocenters. The first-order valence-electron chi connectivity index (χ1n) is 6.78. The summed E-state index contributed by atoms with van der Waals surface area (Å²) in [6, 6.07) is 5.19. The molecule has 0 aliphatic carbocycles. The van der Waals surface area contributed by atoms with Crippen molar-refractivity contribution in [2.75, 3.05) is 19.1 Å². The molecule has 2 rings (SSSR count). The van der Waals surface area contributed by atoms with Gasteiger partial charge in [0.05, 0.1) is 33.1 Å². The highest BCUT2D eigenvalue weighted by molar-refractivity contribution is 7.15. The lowest BCUT2D eigenvalue weighted by Crippen LogP contribution is -2.28. The van der Waals surface area contributed by atoms with E-state index in [1.165, 1.54) is 18.4 Å². The lowest BCUT2D eigenvalue weighted by atomic mass is 10.2. The number of thiazole rings is 1. The molecule has 1 aromatic carbocycles. The van der Waals surface area contributed by atoms with Gasteiger partial charge in [-0.2, -0.15) is 0 Å². The number of nitrogens with zero attached hydrogens (tertiary/aromatic N) is 2. The first kappa shape index (κ1) is 17.0. The first-order valence-corrected chi connectivity index (χ1v) is 7.60. The molecule has 2 aromatic rings. The van der Waals surface area contributed by atoms with Crippen LogP contribution in [0.25, 0.3) is 0 Å². The number of methoxy groups -OCH3 is 2. The smallest absolute Gasteiger partial charge is 0.413 e. The van der Waals surface area contributed by atoms with Crippen LogP contribution in [-0.2, 0) is 13.2 Å². The Kier molecular flexibility index (Phi) is 5.41. The van der Waals surface area contributed by atoms with Crippen molar-refractivity contribution in [1.82, 2.24) is 4.98 Å². The standard InChI is InChI=1S/C15H18N2O5S/c1-9-12(8-18)16-14(23-9)17(15(19)20)7-10-4-5-11(21-2)6-13(10)22-3/h4-6,18H,7-8H2,1-3H3,(H,19,20). The largest absolute Gasteiger partial charge is 0.497 e. The fraction of sp³-hybridized carbons (Fsp3) is 0.333. The SMILES string of the molecule is COc1ccc(CN(C(=O)O)c2nc(CO)c(C)s2)c(OC)c1. The van der Waals surface area contributed by atoms with E-state index in [-0.39, 0.29) is 13.2 Å². The average molecular weight is 338 g/mol. The predicted octanol–water partition coefficient (Wildman–Crippen LogP) is 2.65. The van der Waals surface area contributed by atoms with Gasteiger partial charge in [-0.15, -0.1) is 11.3 Å². The summed E-state index contributed by atoms with van der Waals surface area (Å²) in [5.74, 6) is 1.16. The zero-order valence-corrected chi connectivity index (χ0v) is 13.9. The van der Waals surface area contributed by atoms with Crippen molar-refractivity contribution in [1.29, 1.82) is 0 Å². The Morgan fingerprint density at radius 1 is 1.35 bits per heavy atom. The maximum atomic E-state index is 11.6. The number of aromatic nitrogens is 1. The summed E-state index contributed by atoms with van der Waals surface area (Å²) in [6.07, 6.45) is -1.12. The van der Waals surface area contributed by atoms with E-state index in [1.54, 1.807) is 32.2 Å². The number of aryl methyl sites for hydroxylation is 1. The van der Waals surface area contributed by atoms with Gasteiger partial charge in [-0.25, -0.2) is 14.7 Å². The Hall–Kier alpha value is -2.32. The molecule has 0 atom stereocenters. The second-order valence-corrected chi connectivity index (χ2v) is 5.89. The molecule has 0 aliphatic rings. The number of carbonyl (C=O) groups is 1. The van der Waals surface area contributed by atoms with E-state index in [0.717, 1.165) is 9.78 Å². The number of carboxylic acid groups (broad SMARTS) is 1. The summed E-state index contributed by atoms with van der Waals surface area (Å²) in [6.45, 7) is 1.66. The zero-order valence-electron chi connectivity index (χ0n) is 13.1. The molecule has 23 heavy (non-hydrogen) atoms. The number of aliphatic hydroxyl groups is 1. The fourth-order valence-electron chi connectivity index (χ4n) is 2.04. The number of benzene rings is 1. The number of hydrogen-bond acceptors (Lipinski definition) is 6. The van der Waals surface area contributed by atoms with Crippen LogP contribution in [0.2, 0.25) is 0 Å². The summed E-state index contributed by atoms with van der Waals surface area (Å²) in [5, 5.41) is 19.0. The first-order chi connectivity index (χ1) is 11.0. The van der Waals surface area contributed by atoms with Crippen LogP contribution in [0.4, 0.5) is 9.93 Å². The lowest BCUT2D eigenvalue weighted by molar-refractivity contribution is 0.201. The molecule has 8 heteroatoms. The van der Waals surface area contributed by atoms with Gasteiger partial charge >= 0.3 is 6.09 Å². The van der Waals surface area contributed by atoms with Crippen LogP contribution in [0, 0.1) is 6.92 Å². The number of amides is 1. The van der Waals surface area contributed by atoms with Gasteiger partial charge in [0.15, 0.2) is 5.13 Å². The van der Waals surface area contributed by atoms with Crippen molar-refractivity contribution in [3.8, 4) is 11.5 Å². The maximum absolute atomic E-state index is 11.6. The molecule has 1 heterocycles. The van der Waals surface area contributed by atoms with Crippen molar-refractivity contribution < 1.29 is 24.5 Å².